The Kier molecular flexibility index (Phi) is 3.38. The Morgan fingerprint density at radius 2 is 2.13 bits per heavy atom. The molecule has 0 saturated heterocycles. The summed E-state index contributed by atoms with van der Waals surface area (Å²) in [5.74, 6) is -0.917. The lowest BCUT2D eigenvalue weighted by atomic mass is 10.1. The van der Waals surface area contributed by atoms with E-state index in [9.17, 15) is 13.6 Å². The van der Waals surface area contributed by atoms with E-state index < -0.39 is 11.6 Å². The van der Waals surface area contributed by atoms with E-state index in [1.54, 1.807) is 0 Å². The van der Waals surface area contributed by atoms with Crippen LogP contribution in [-0.2, 0) is 0 Å². The number of fused-ring (bicyclic) bond motifs is 2. The van der Waals surface area contributed by atoms with Crippen molar-refractivity contribution in [1.82, 2.24) is 5.01 Å². The summed E-state index contributed by atoms with van der Waals surface area (Å²) < 4.78 is 27.3. The van der Waals surface area contributed by atoms with Crippen LogP contribution in [0.15, 0.2) is 29.4 Å². The maximum absolute atomic E-state index is 13.9. The van der Waals surface area contributed by atoms with Gasteiger partial charge >= 0.3 is 0 Å². The van der Waals surface area contributed by atoms with Gasteiger partial charge in [0, 0.05) is 16.2 Å². The minimum atomic E-state index is -0.548. The third-order valence-corrected chi connectivity index (χ3v) is 5.67. The molecule has 1 N–H and O–H groups in total. The molecule has 1 amide bonds. The van der Waals surface area contributed by atoms with Crippen molar-refractivity contribution in [3.8, 4) is 0 Å². The molecule has 0 bridgehead atoms. The number of carbonyl (C=O) groups is 1. The number of nitrogens with one attached hydrogen (secondary N) is 1. The zero-order valence-electron chi connectivity index (χ0n) is 12.0. The third-order valence-electron chi connectivity index (χ3n) is 3.62. The monoisotopic (exact) mass is 351 g/mol. The van der Waals surface area contributed by atoms with Gasteiger partial charge in [0.15, 0.2) is 5.50 Å². The summed E-state index contributed by atoms with van der Waals surface area (Å²) in [6, 6.07) is 5.05. The highest BCUT2D eigenvalue weighted by atomic mass is 32.2. The van der Waals surface area contributed by atoms with E-state index in [4.69, 9.17) is 0 Å². The van der Waals surface area contributed by atoms with Gasteiger partial charge in [0.2, 0.25) is 0 Å². The summed E-state index contributed by atoms with van der Waals surface area (Å²) in [4.78, 5) is 13.6. The van der Waals surface area contributed by atoms with Crippen LogP contribution in [0.2, 0.25) is 0 Å². The predicted octanol–water partition coefficient (Wildman–Crippen LogP) is 3.64. The number of halogens is 2. The maximum Gasteiger partial charge on any atom is 0.279 e. The molecule has 2 aromatic rings. The van der Waals surface area contributed by atoms with E-state index in [0.717, 1.165) is 28.1 Å². The summed E-state index contributed by atoms with van der Waals surface area (Å²) >= 11 is 2.94. The molecule has 4 rings (SSSR count). The van der Waals surface area contributed by atoms with Crippen molar-refractivity contribution < 1.29 is 13.6 Å². The van der Waals surface area contributed by atoms with Crippen molar-refractivity contribution in [3.63, 3.8) is 0 Å². The smallest absolute Gasteiger partial charge is 0.279 e. The first-order chi connectivity index (χ1) is 11.0. The number of hydrogen-bond acceptors (Lipinski definition) is 5. The van der Waals surface area contributed by atoms with Crippen LogP contribution in [0.1, 0.15) is 20.8 Å². The number of hydrazone groups is 1. The standard InChI is InChI=1S/C15H11F2N3OS2/c1-7-4-10-13(23-7)18-15-20(14(10)21)19-12(6-22-15)9-5-8(16)2-3-11(9)17/h2-5,15,18H,6H2,1H3/t15-/m0/s1. The van der Waals surface area contributed by atoms with Crippen molar-refractivity contribution in [2.24, 2.45) is 5.10 Å². The molecule has 2 aliphatic heterocycles. The fourth-order valence-electron chi connectivity index (χ4n) is 2.56. The topological polar surface area (TPSA) is 44.7 Å². The van der Waals surface area contributed by atoms with Crippen LogP contribution >= 0.6 is 23.1 Å². The molecule has 0 saturated carbocycles. The minimum Gasteiger partial charge on any atom is -0.346 e. The lowest BCUT2D eigenvalue weighted by Gasteiger charge is -2.35. The third kappa shape index (κ3) is 2.42. The fraction of sp³-hybridized carbons (Fsp3) is 0.200. The van der Waals surface area contributed by atoms with Crippen LogP contribution in [0.25, 0.3) is 0 Å². The van der Waals surface area contributed by atoms with Crippen molar-refractivity contribution in [3.05, 3.63) is 51.9 Å². The van der Waals surface area contributed by atoms with Crippen molar-refractivity contribution in [2.45, 2.75) is 12.4 Å². The SMILES string of the molecule is Cc1cc2c(s1)N[C@@H]1SCC(c3cc(F)ccc3F)=NN1C2=O. The second-order valence-electron chi connectivity index (χ2n) is 5.23. The second-order valence-corrected chi connectivity index (χ2v) is 7.55. The lowest BCUT2D eigenvalue weighted by Crippen LogP contribution is -2.46. The molecule has 2 aliphatic rings. The Morgan fingerprint density at radius 3 is 2.96 bits per heavy atom. The molecule has 0 fully saturated rings. The Bertz CT molecular complexity index is 849. The van der Waals surface area contributed by atoms with Crippen molar-refractivity contribution in [2.75, 3.05) is 11.1 Å². The first kappa shape index (κ1) is 14.6. The van der Waals surface area contributed by atoms with Gasteiger partial charge in [-0.05, 0) is 31.2 Å². The molecule has 23 heavy (non-hydrogen) atoms. The van der Waals surface area contributed by atoms with Crippen molar-refractivity contribution >= 4 is 39.7 Å². The highest BCUT2D eigenvalue weighted by Crippen LogP contribution is 2.38. The Labute approximate surface area is 139 Å². The molecule has 0 unspecified atom stereocenters. The molecule has 1 atom stereocenters. The number of rotatable bonds is 1. The number of thioether (sulfide) groups is 1. The molecule has 118 valence electrons. The average molecular weight is 351 g/mol. The molecular formula is C15H11F2N3OS2. The summed E-state index contributed by atoms with van der Waals surface area (Å²) in [7, 11) is 0. The van der Waals surface area contributed by atoms with Gasteiger partial charge in [-0.2, -0.15) is 10.1 Å². The number of amides is 1. The molecule has 0 radical (unpaired) electrons. The van der Waals surface area contributed by atoms with Crippen LogP contribution < -0.4 is 5.32 Å². The first-order valence-corrected chi connectivity index (χ1v) is 8.74. The molecule has 3 heterocycles. The second kappa shape index (κ2) is 5.31. The minimum absolute atomic E-state index is 0.0936. The normalized spacial score (nSPS) is 19.8. The van der Waals surface area contributed by atoms with Gasteiger partial charge in [-0.3, -0.25) is 4.79 Å². The number of thiophene rings is 1. The maximum atomic E-state index is 13.9. The van der Waals surface area contributed by atoms with Crippen LogP contribution in [0.3, 0.4) is 0 Å². The van der Waals surface area contributed by atoms with Gasteiger partial charge in [0.25, 0.3) is 5.91 Å². The average Bonchev–Trinajstić information content (AvgIpc) is 2.90. The molecule has 4 nitrogen and oxygen atoms in total. The van der Waals surface area contributed by atoms with Crippen LogP contribution in [0, 0.1) is 18.6 Å². The summed E-state index contributed by atoms with van der Waals surface area (Å²) in [5, 5.41) is 9.68. The van der Waals surface area contributed by atoms with Gasteiger partial charge in [-0.15, -0.1) is 23.1 Å². The molecule has 0 spiro atoms. The number of benzene rings is 1. The van der Waals surface area contributed by atoms with E-state index in [1.807, 2.05) is 13.0 Å². The number of carbonyl (C=O) groups excluding carboxylic acids is 1. The summed E-state index contributed by atoms with van der Waals surface area (Å²) in [5.41, 5.74) is 0.687. The van der Waals surface area contributed by atoms with E-state index in [-0.39, 0.29) is 17.0 Å². The Morgan fingerprint density at radius 1 is 1.30 bits per heavy atom. The zero-order chi connectivity index (χ0) is 16.1. The van der Waals surface area contributed by atoms with E-state index in [2.05, 4.69) is 10.4 Å². The van der Waals surface area contributed by atoms with E-state index in [1.165, 1.54) is 28.1 Å². The highest BCUT2D eigenvalue weighted by molar-refractivity contribution is 8.00. The number of anilines is 1. The van der Waals surface area contributed by atoms with Gasteiger partial charge in [0.05, 0.1) is 11.3 Å². The molecule has 1 aromatic carbocycles. The molecule has 1 aromatic heterocycles. The van der Waals surface area contributed by atoms with Gasteiger partial charge < -0.3 is 5.32 Å². The van der Waals surface area contributed by atoms with Gasteiger partial charge in [-0.25, -0.2) is 8.78 Å². The first-order valence-electron chi connectivity index (χ1n) is 6.88. The predicted molar refractivity (Wildman–Crippen MR) is 88.0 cm³/mol. The Balaban J connectivity index is 1.75. The zero-order valence-corrected chi connectivity index (χ0v) is 13.6. The van der Waals surface area contributed by atoms with Gasteiger partial charge in [-0.1, -0.05) is 0 Å². The molecule has 0 aliphatic carbocycles. The van der Waals surface area contributed by atoms with E-state index >= 15 is 0 Å². The number of aryl methyl sites for hydroxylation is 1. The Hall–Kier alpha value is -1.93. The van der Waals surface area contributed by atoms with Crippen molar-refractivity contribution in [1.29, 1.82) is 0 Å². The number of hydrogen-bond donors (Lipinski definition) is 1. The van der Waals surface area contributed by atoms with Gasteiger partial charge in [0.1, 0.15) is 16.6 Å². The summed E-state index contributed by atoms with van der Waals surface area (Å²) in [6.45, 7) is 1.93. The highest BCUT2D eigenvalue weighted by Gasteiger charge is 2.37. The van der Waals surface area contributed by atoms with Crippen LogP contribution in [0.5, 0.6) is 0 Å². The number of nitrogens with zero attached hydrogens (tertiary/aromatic N) is 2. The molecule has 8 heteroatoms. The lowest BCUT2D eigenvalue weighted by molar-refractivity contribution is 0.0744. The van der Waals surface area contributed by atoms with Crippen LogP contribution in [0.4, 0.5) is 13.8 Å². The van der Waals surface area contributed by atoms with E-state index in [0.29, 0.717) is 17.0 Å². The summed E-state index contributed by atoms with van der Waals surface area (Å²) in [6.07, 6.45) is 0. The molecular weight excluding hydrogens is 340 g/mol. The van der Waals surface area contributed by atoms with Crippen LogP contribution in [-0.4, -0.2) is 27.9 Å². The quantitative estimate of drug-likeness (QED) is 0.853. The largest absolute Gasteiger partial charge is 0.346 e. The fourth-order valence-corrected chi connectivity index (χ4v) is 4.58.